The van der Waals surface area contributed by atoms with Crippen LogP contribution in [-0.2, 0) is 4.79 Å². The first kappa shape index (κ1) is 22.8. The zero-order valence-corrected chi connectivity index (χ0v) is 21.0. The number of fused-ring (bicyclic) bond motifs is 5. The van der Waals surface area contributed by atoms with Crippen molar-refractivity contribution in [3.8, 4) is 0 Å². The normalized spacial score (nSPS) is 45.6. The summed E-state index contributed by atoms with van der Waals surface area (Å²) in [4.78, 5) is 12.1. The van der Waals surface area contributed by atoms with Crippen LogP contribution in [0.15, 0.2) is 0 Å². The zero-order valence-electron chi connectivity index (χ0n) is 21.0. The first-order valence-corrected chi connectivity index (χ1v) is 13.7. The maximum Gasteiger partial charge on any atom is 0.133 e. The van der Waals surface area contributed by atoms with Gasteiger partial charge in [-0.1, -0.05) is 54.4 Å². The van der Waals surface area contributed by atoms with Gasteiger partial charge in [0.1, 0.15) is 5.78 Å². The van der Waals surface area contributed by atoms with E-state index in [-0.39, 0.29) is 0 Å². The molecule has 0 amide bonds. The fraction of sp³-hybridized carbons (Fsp3) is 0.966. The van der Waals surface area contributed by atoms with E-state index in [1.54, 1.807) is 0 Å². The molecule has 0 N–H and O–H groups in total. The molecule has 1 nitrogen and oxygen atoms in total. The topological polar surface area (TPSA) is 17.1 Å². The SMILES string of the molecule is CC[C@H](CC[C@@H](C)[C@H]1CC[C@H]2[C@H]3CCC4CC(=O)CC[C@]4(C)[C@H]3CC[C@]12C)C(C)C. The van der Waals surface area contributed by atoms with Crippen LogP contribution in [0, 0.1) is 58.2 Å². The number of hydrogen-bond donors (Lipinski definition) is 0. The summed E-state index contributed by atoms with van der Waals surface area (Å²) in [6.45, 7) is 15.1. The number of carbonyl (C=O) groups excluding carboxylic acids is 1. The number of hydrogen-bond acceptors (Lipinski definition) is 1. The zero-order chi connectivity index (χ0) is 21.7. The van der Waals surface area contributed by atoms with Gasteiger partial charge in [-0.15, -0.1) is 0 Å². The molecule has 4 saturated carbocycles. The summed E-state index contributed by atoms with van der Waals surface area (Å²) in [5.41, 5.74) is 1.06. The van der Waals surface area contributed by atoms with Gasteiger partial charge in [0, 0.05) is 12.8 Å². The Morgan fingerprint density at radius 3 is 2.33 bits per heavy atom. The summed E-state index contributed by atoms with van der Waals surface area (Å²) < 4.78 is 0. The van der Waals surface area contributed by atoms with Crippen LogP contribution in [0.2, 0.25) is 0 Å². The van der Waals surface area contributed by atoms with Crippen LogP contribution in [0.3, 0.4) is 0 Å². The van der Waals surface area contributed by atoms with Gasteiger partial charge < -0.3 is 0 Å². The molecule has 4 aliphatic carbocycles. The van der Waals surface area contributed by atoms with Crippen molar-refractivity contribution in [3.63, 3.8) is 0 Å². The van der Waals surface area contributed by atoms with Gasteiger partial charge in [-0.25, -0.2) is 0 Å². The van der Waals surface area contributed by atoms with Gasteiger partial charge >= 0.3 is 0 Å². The molecule has 0 bridgehead atoms. The van der Waals surface area contributed by atoms with Crippen LogP contribution in [0.25, 0.3) is 0 Å². The molecule has 0 aromatic carbocycles. The molecule has 4 aliphatic rings. The third-order valence-electron chi connectivity index (χ3n) is 11.7. The third kappa shape index (κ3) is 3.73. The standard InChI is InChI=1S/C29H50O/c1-7-21(19(2)3)9-8-20(4)25-12-13-26-24-11-10-22-18-23(30)14-16-28(22,5)27(24)15-17-29(25,26)6/h19-22,24-27H,7-18H2,1-6H3/t20-,21-,22?,24-,25-,26+,27+,28+,29-/m1/s1. The van der Waals surface area contributed by atoms with Gasteiger partial charge in [0.2, 0.25) is 0 Å². The Balaban J connectivity index is 1.45. The number of ketones is 1. The Kier molecular flexibility index (Phi) is 6.51. The highest BCUT2D eigenvalue weighted by Crippen LogP contribution is 2.68. The van der Waals surface area contributed by atoms with E-state index < -0.39 is 0 Å². The van der Waals surface area contributed by atoms with Gasteiger partial charge in [0.05, 0.1) is 0 Å². The van der Waals surface area contributed by atoms with E-state index in [4.69, 9.17) is 0 Å². The summed E-state index contributed by atoms with van der Waals surface area (Å²) in [6, 6.07) is 0. The molecule has 0 aliphatic heterocycles. The van der Waals surface area contributed by atoms with Crippen LogP contribution in [-0.4, -0.2) is 5.78 Å². The summed E-state index contributed by atoms with van der Waals surface area (Å²) in [7, 11) is 0. The van der Waals surface area contributed by atoms with Crippen LogP contribution < -0.4 is 0 Å². The second kappa shape index (κ2) is 8.55. The Morgan fingerprint density at radius 1 is 0.900 bits per heavy atom. The van der Waals surface area contributed by atoms with Crippen molar-refractivity contribution in [2.24, 2.45) is 58.2 Å². The molecule has 4 fully saturated rings. The third-order valence-corrected chi connectivity index (χ3v) is 11.7. The lowest BCUT2D eigenvalue weighted by Crippen LogP contribution is -2.53. The molecule has 9 atom stereocenters. The van der Waals surface area contributed by atoms with Crippen molar-refractivity contribution in [1.82, 2.24) is 0 Å². The van der Waals surface area contributed by atoms with E-state index in [1.807, 2.05) is 0 Å². The van der Waals surface area contributed by atoms with E-state index >= 15 is 0 Å². The smallest absolute Gasteiger partial charge is 0.133 e. The van der Waals surface area contributed by atoms with E-state index in [9.17, 15) is 4.79 Å². The summed E-state index contributed by atoms with van der Waals surface area (Å²) in [6.07, 6.45) is 15.8. The van der Waals surface area contributed by atoms with E-state index in [2.05, 4.69) is 41.5 Å². The fourth-order valence-electron chi connectivity index (χ4n) is 9.71. The van der Waals surface area contributed by atoms with Crippen LogP contribution in [0.4, 0.5) is 0 Å². The Morgan fingerprint density at radius 2 is 1.63 bits per heavy atom. The first-order chi connectivity index (χ1) is 14.2. The minimum absolute atomic E-state index is 0.466. The number of rotatable bonds is 6. The van der Waals surface area contributed by atoms with Crippen molar-refractivity contribution in [2.75, 3.05) is 0 Å². The fourth-order valence-corrected chi connectivity index (χ4v) is 9.71. The monoisotopic (exact) mass is 414 g/mol. The Labute approximate surface area is 187 Å². The second-order valence-electron chi connectivity index (χ2n) is 13.1. The Bertz CT molecular complexity index is 622. The Hall–Kier alpha value is -0.330. The molecule has 0 spiro atoms. The van der Waals surface area contributed by atoms with Crippen LogP contribution in [0.1, 0.15) is 119 Å². The van der Waals surface area contributed by atoms with Crippen molar-refractivity contribution in [3.05, 3.63) is 0 Å². The second-order valence-corrected chi connectivity index (χ2v) is 13.1. The van der Waals surface area contributed by atoms with Crippen LogP contribution >= 0.6 is 0 Å². The summed E-state index contributed by atoms with van der Waals surface area (Å²) in [5, 5.41) is 0. The molecule has 30 heavy (non-hydrogen) atoms. The van der Waals surface area contributed by atoms with Crippen LogP contribution in [0.5, 0.6) is 0 Å². The van der Waals surface area contributed by atoms with Crippen molar-refractivity contribution in [1.29, 1.82) is 0 Å². The maximum atomic E-state index is 12.1. The highest BCUT2D eigenvalue weighted by molar-refractivity contribution is 5.79. The number of carbonyl (C=O) groups is 1. The molecular formula is C29H50O. The molecule has 1 heteroatoms. The average molecular weight is 415 g/mol. The molecule has 0 heterocycles. The van der Waals surface area contributed by atoms with Crippen molar-refractivity contribution in [2.45, 2.75) is 119 Å². The van der Waals surface area contributed by atoms with Crippen molar-refractivity contribution < 1.29 is 4.79 Å². The lowest BCUT2D eigenvalue weighted by Gasteiger charge is -2.60. The first-order valence-electron chi connectivity index (χ1n) is 13.7. The largest absolute Gasteiger partial charge is 0.300 e. The predicted octanol–water partition coefficient (Wildman–Crippen LogP) is 8.31. The lowest BCUT2D eigenvalue weighted by molar-refractivity contribution is -0.140. The quantitative estimate of drug-likeness (QED) is 0.427. The minimum atomic E-state index is 0.466. The highest BCUT2D eigenvalue weighted by Gasteiger charge is 2.60. The molecule has 1 unspecified atom stereocenters. The average Bonchev–Trinajstić information content (AvgIpc) is 3.06. The summed E-state index contributed by atoms with van der Waals surface area (Å²) in [5.74, 6) is 7.67. The van der Waals surface area contributed by atoms with Crippen molar-refractivity contribution >= 4 is 5.78 Å². The molecule has 0 radical (unpaired) electrons. The van der Waals surface area contributed by atoms with Gasteiger partial charge in [-0.05, 0) is 110 Å². The predicted molar refractivity (Wildman–Crippen MR) is 127 cm³/mol. The number of Topliss-reactive ketones (excluding diaryl/α,β-unsaturated/α-hetero) is 1. The van der Waals surface area contributed by atoms with E-state index in [1.165, 1.54) is 64.2 Å². The molecule has 0 aromatic heterocycles. The van der Waals surface area contributed by atoms with Gasteiger partial charge in [0.15, 0.2) is 0 Å². The molecule has 0 saturated heterocycles. The molecule has 4 rings (SSSR count). The summed E-state index contributed by atoms with van der Waals surface area (Å²) >= 11 is 0. The maximum absolute atomic E-state index is 12.1. The minimum Gasteiger partial charge on any atom is -0.300 e. The van der Waals surface area contributed by atoms with E-state index in [0.717, 1.165) is 54.3 Å². The molecular weight excluding hydrogens is 364 g/mol. The highest BCUT2D eigenvalue weighted by atomic mass is 16.1. The molecule has 0 aromatic rings. The van der Waals surface area contributed by atoms with Gasteiger partial charge in [-0.2, -0.15) is 0 Å². The van der Waals surface area contributed by atoms with E-state index in [0.29, 0.717) is 22.5 Å². The lowest BCUT2D eigenvalue weighted by atomic mass is 9.44. The van der Waals surface area contributed by atoms with Gasteiger partial charge in [-0.3, -0.25) is 4.79 Å². The molecule has 172 valence electrons. The van der Waals surface area contributed by atoms with Gasteiger partial charge in [0.25, 0.3) is 0 Å².